The molecule has 1 saturated carbocycles. The summed E-state index contributed by atoms with van der Waals surface area (Å²) >= 11 is 7.13. The number of benzene rings is 1. The van der Waals surface area contributed by atoms with Crippen LogP contribution in [0.5, 0.6) is 0 Å². The van der Waals surface area contributed by atoms with Gasteiger partial charge in [-0.15, -0.1) is 0 Å². The SMILES string of the molecule is COC(=O)C1(NC(=O)OC(C)(C)C)CCC1.COC(=O)C1(NC(=O)OC(C)(C)C)CSC1.O=C(OO)c1cccc(Cl)c1. The monoisotopic (exact) mass is 648 g/mol. The Morgan fingerprint density at radius 2 is 1.30 bits per heavy atom. The quantitative estimate of drug-likeness (QED) is 0.173. The largest absolute Gasteiger partial charge is 0.467 e. The fourth-order valence-corrected chi connectivity index (χ4v) is 4.70. The number of hydrogen-bond donors (Lipinski definition) is 3. The number of alkyl carbamates (subject to hydrolysis) is 2. The van der Waals surface area contributed by atoms with Crippen LogP contribution in [0.25, 0.3) is 0 Å². The minimum absolute atomic E-state index is 0.222. The fourth-order valence-electron chi connectivity index (χ4n) is 3.51. The molecule has 0 radical (unpaired) electrons. The summed E-state index contributed by atoms with van der Waals surface area (Å²) in [6, 6.07) is 6.11. The normalized spacial score (nSPS) is 16.0. The Labute approximate surface area is 260 Å². The van der Waals surface area contributed by atoms with Gasteiger partial charge in [-0.25, -0.2) is 24.0 Å². The molecule has 3 N–H and O–H groups in total. The van der Waals surface area contributed by atoms with Gasteiger partial charge in [0.2, 0.25) is 0 Å². The van der Waals surface area contributed by atoms with Crippen LogP contribution in [0.15, 0.2) is 24.3 Å². The van der Waals surface area contributed by atoms with Crippen molar-refractivity contribution >= 4 is 53.5 Å². The van der Waals surface area contributed by atoms with Gasteiger partial charge in [0.25, 0.3) is 0 Å². The Hall–Kier alpha value is -3.23. The maximum atomic E-state index is 11.5. The third kappa shape index (κ3) is 12.5. The standard InChI is InChI=1S/C11H19NO4.C10H17NO4S.C7H5ClO3/c1-10(2,3)16-9(14)12-11(6-5-7-11)8(13)15-4;1-9(2,3)15-8(13)11-10(5-16-6-10)7(12)14-4;8-6-3-1-2-5(4-6)7(9)11-10/h5-7H2,1-4H3,(H,12,14);5-6H2,1-4H3,(H,11,13);1-4,10H. The van der Waals surface area contributed by atoms with Crippen LogP contribution < -0.4 is 10.6 Å². The molecule has 0 aromatic heterocycles. The van der Waals surface area contributed by atoms with E-state index in [9.17, 15) is 24.0 Å². The second-order valence-corrected chi connectivity index (χ2v) is 13.1. The predicted octanol–water partition coefficient (Wildman–Crippen LogP) is 4.75. The van der Waals surface area contributed by atoms with Gasteiger partial charge in [-0.2, -0.15) is 17.0 Å². The molecular weight excluding hydrogens is 608 g/mol. The van der Waals surface area contributed by atoms with E-state index in [1.54, 1.807) is 65.4 Å². The zero-order valence-electron chi connectivity index (χ0n) is 25.7. The highest BCUT2D eigenvalue weighted by Crippen LogP contribution is 2.33. The molecule has 242 valence electrons. The van der Waals surface area contributed by atoms with Crippen molar-refractivity contribution in [1.29, 1.82) is 0 Å². The van der Waals surface area contributed by atoms with E-state index in [2.05, 4.69) is 25.0 Å². The Morgan fingerprint density at radius 1 is 0.837 bits per heavy atom. The Bertz CT molecular complexity index is 1080. The van der Waals surface area contributed by atoms with Crippen molar-refractivity contribution in [2.75, 3.05) is 25.7 Å². The summed E-state index contributed by atoms with van der Waals surface area (Å²) in [6.45, 7) is 10.6. The first-order valence-corrected chi connectivity index (χ1v) is 14.7. The van der Waals surface area contributed by atoms with Gasteiger partial charge in [0.05, 0.1) is 19.8 Å². The smallest absolute Gasteiger partial charge is 0.408 e. The second-order valence-electron chi connectivity index (χ2n) is 11.6. The molecule has 1 aliphatic carbocycles. The molecule has 1 aromatic carbocycles. The highest BCUT2D eigenvalue weighted by molar-refractivity contribution is 8.01. The van der Waals surface area contributed by atoms with E-state index in [0.717, 1.165) is 6.42 Å². The van der Waals surface area contributed by atoms with Crippen molar-refractivity contribution in [3.05, 3.63) is 34.9 Å². The third-order valence-corrected chi connectivity index (χ3v) is 7.31. The van der Waals surface area contributed by atoms with Crippen LogP contribution in [-0.4, -0.2) is 83.4 Å². The number of rotatable bonds is 5. The minimum atomic E-state index is -0.901. The highest BCUT2D eigenvalue weighted by atomic mass is 35.5. The van der Waals surface area contributed by atoms with Crippen LogP contribution >= 0.6 is 23.4 Å². The number of amides is 2. The lowest BCUT2D eigenvalue weighted by Crippen LogP contribution is -2.64. The van der Waals surface area contributed by atoms with Gasteiger partial charge in [-0.1, -0.05) is 17.7 Å². The first-order chi connectivity index (χ1) is 19.8. The molecule has 0 spiro atoms. The molecule has 1 saturated heterocycles. The number of carbonyl (C=O) groups excluding carboxylic acids is 5. The molecule has 2 amide bonds. The van der Waals surface area contributed by atoms with Crippen LogP contribution in [0.3, 0.4) is 0 Å². The lowest BCUT2D eigenvalue weighted by atomic mass is 9.77. The average Bonchev–Trinajstić information content (AvgIpc) is 2.85. The molecule has 1 aliphatic heterocycles. The van der Waals surface area contributed by atoms with Crippen molar-refractivity contribution in [3.8, 4) is 0 Å². The number of hydrogen-bond acceptors (Lipinski definition) is 12. The summed E-state index contributed by atoms with van der Waals surface area (Å²) in [5.74, 6) is -0.577. The van der Waals surface area contributed by atoms with Crippen molar-refractivity contribution in [1.82, 2.24) is 10.6 Å². The van der Waals surface area contributed by atoms with E-state index in [0.29, 0.717) is 29.4 Å². The summed E-state index contributed by atoms with van der Waals surface area (Å²) in [5.41, 5.74) is -2.68. The van der Waals surface area contributed by atoms with Gasteiger partial charge in [0.1, 0.15) is 16.7 Å². The number of methoxy groups -OCH3 is 2. The summed E-state index contributed by atoms with van der Waals surface area (Å²) < 4.78 is 19.5. The summed E-state index contributed by atoms with van der Waals surface area (Å²) in [5, 5.41) is 13.6. The number of thioether (sulfide) groups is 1. The fraction of sp³-hybridized carbons (Fsp3) is 0.607. The lowest BCUT2D eigenvalue weighted by molar-refractivity contribution is -0.182. The molecule has 43 heavy (non-hydrogen) atoms. The zero-order valence-corrected chi connectivity index (χ0v) is 27.2. The topological polar surface area (TPSA) is 176 Å². The Balaban J connectivity index is 0.000000329. The van der Waals surface area contributed by atoms with Gasteiger partial charge in [0, 0.05) is 16.5 Å². The van der Waals surface area contributed by atoms with Crippen LogP contribution in [0.1, 0.15) is 71.2 Å². The molecule has 2 fully saturated rings. The predicted molar refractivity (Wildman–Crippen MR) is 159 cm³/mol. The van der Waals surface area contributed by atoms with E-state index < -0.39 is 52.4 Å². The Kier molecular flexibility index (Phi) is 14.1. The molecule has 1 heterocycles. The van der Waals surface area contributed by atoms with Gasteiger partial charge >= 0.3 is 30.1 Å². The molecule has 15 heteroatoms. The molecule has 0 unspecified atom stereocenters. The average molecular weight is 649 g/mol. The summed E-state index contributed by atoms with van der Waals surface area (Å²) in [4.78, 5) is 60.2. The van der Waals surface area contributed by atoms with Gasteiger partial charge in [0.15, 0.2) is 5.54 Å². The number of ether oxygens (including phenoxy) is 4. The van der Waals surface area contributed by atoms with Crippen molar-refractivity contribution in [2.45, 2.75) is 83.1 Å². The van der Waals surface area contributed by atoms with E-state index >= 15 is 0 Å². The summed E-state index contributed by atoms with van der Waals surface area (Å²) in [6.07, 6.45) is 0.971. The maximum Gasteiger partial charge on any atom is 0.408 e. The lowest BCUT2D eigenvalue weighted by Gasteiger charge is -2.39. The second kappa shape index (κ2) is 16.0. The zero-order chi connectivity index (χ0) is 33.1. The number of halogens is 1. The molecule has 1 aromatic rings. The van der Waals surface area contributed by atoms with E-state index in [1.807, 2.05) is 0 Å². The number of nitrogens with one attached hydrogen (secondary N) is 2. The maximum absolute atomic E-state index is 11.5. The Morgan fingerprint density at radius 3 is 1.63 bits per heavy atom. The highest BCUT2D eigenvalue weighted by Gasteiger charge is 2.49. The molecule has 2 aliphatic rings. The van der Waals surface area contributed by atoms with Crippen molar-refractivity contribution in [2.24, 2.45) is 0 Å². The van der Waals surface area contributed by atoms with Gasteiger partial charge in [-0.3, -0.25) is 4.89 Å². The number of esters is 2. The van der Waals surface area contributed by atoms with Crippen LogP contribution in [0, 0.1) is 0 Å². The summed E-state index contributed by atoms with van der Waals surface area (Å²) in [7, 11) is 2.63. The first-order valence-electron chi connectivity index (χ1n) is 13.2. The molecule has 0 bridgehead atoms. The first kappa shape index (κ1) is 37.8. The molecular formula is C28H41ClN2O11S. The van der Waals surface area contributed by atoms with Crippen molar-refractivity contribution in [3.63, 3.8) is 0 Å². The van der Waals surface area contributed by atoms with E-state index in [4.69, 9.17) is 26.3 Å². The molecule has 13 nitrogen and oxygen atoms in total. The van der Waals surface area contributed by atoms with Gasteiger partial charge in [-0.05, 0) is 79.0 Å². The van der Waals surface area contributed by atoms with Crippen LogP contribution in [-0.2, 0) is 33.4 Å². The van der Waals surface area contributed by atoms with E-state index in [-0.39, 0.29) is 5.56 Å². The van der Waals surface area contributed by atoms with Crippen molar-refractivity contribution < 1.29 is 53.1 Å². The van der Waals surface area contributed by atoms with Crippen LogP contribution in [0.2, 0.25) is 5.02 Å². The molecule has 3 rings (SSSR count). The van der Waals surface area contributed by atoms with Crippen LogP contribution in [0.4, 0.5) is 9.59 Å². The third-order valence-electron chi connectivity index (χ3n) is 5.68. The number of carbonyl (C=O) groups is 5. The molecule has 0 atom stereocenters. The van der Waals surface area contributed by atoms with Gasteiger partial charge < -0.3 is 29.6 Å². The van der Waals surface area contributed by atoms with E-state index in [1.165, 1.54) is 26.4 Å². The minimum Gasteiger partial charge on any atom is -0.467 e.